The number of fused-ring (bicyclic) bond motifs is 2. The topological polar surface area (TPSA) is 86.6 Å². The number of aliphatic hydroxyl groups is 1. The Kier molecular flexibility index (Phi) is 14.1. The quantitative estimate of drug-likeness (QED) is 0.191. The summed E-state index contributed by atoms with van der Waals surface area (Å²) in [7, 11) is 0. The molecule has 2 saturated heterocycles. The van der Waals surface area contributed by atoms with Gasteiger partial charge in [-0.15, -0.1) is 0 Å². The van der Waals surface area contributed by atoms with Gasteiger partial charge < -0.3 is 24.1 Å². The van der Waals surface area contributed by atoms with Gasteiger partial charge >= 0.3 is 0 Å². The SMILES string of the molecule is CCC.CCCOC(OO)c1ccc2cc(CCC(C)CO[C@@H]3CO[C@H]4[C@@H]3OC[C@H]4O)ccc2c1.[W]. The minimum Gasteiger partial charge on any atom is -0.388 e. The van der Waals surface area contributed by atoms with Crippen molar-refractivity contribution in [2.75, 3.05) is 26.4 Å². The van der Waals surface area contributed by atoms with E-state index in [4.69, 9.17) is 24.2 Å². The van der Waals surface area contributed by atoms with Crippen molar-refractivity contribution in [3.63, 3.8) is 0 Å². The van der Waals surface area contributed by atoms with Crippen LogP contribution in [0.4, 0.5) is 0 Å². The van der Waals surface area contributed by atoms with E-state index in [9.17, 15) is 5.11 Å². The van der Waals surface area contributed by atoms with Crippen LogP contribution in [0, 0.1) is 5.92 Å². The van der Waals surface area contributed by atoms with E-state index < -0.39 is 12.4 Å². The molecule has 0 aromatic heterocycles. The molecule has 0 aliphatic carbocycles. The molecule has 0 saturated carbocycles. The van der Waals surface area contributed by atoms with Crippen LogP contribution in [0.1, 0.15) is 64.4 Å². The van der Waals surface area contributed by atoms with Crippen molar-refractivity contribution in [1.29, 1.82) is 0 Å². The number of hydrogen-bond donors (Lipinski definition) is 2. The van der Waals surface area contributed by atoms with Crippen LogP contribution in [0.25, 0.3) is 10.8 Å². The maximum atomic E-state index is 9.84. The van der Waals surface area contributed by atoms with Crippen molar-refractivity contribution in [2.45, 2.75) is 84.1 Å². The Morgan fingerprint density at radius 3 is 2.42 bits per heavy atom. The molecular weight excluding hydrogens is 632 g/mol. The fraction of sp³-hybridized carbons (Fsp3) is 0.643. The second kappa shape index (κ2) is 16.2. The molecule has 2 heterocycles. The number of benzene rings is 2. The van der Waals surface area contributed by atoms with Crippen LogP contribution < -0.4 is 0 Å². The van der Waals surface area contributed by atoms with Gasteiger partial charge in [0.1, 0.15) is 24.4 Å². The molecule has 4 rings (SSSR count). The molecule has 2 aromatic rings. The van der Waals surface area contributed by atoms with Crippen LogP contribution in [0.3, 0.4) is 0 Å². The zero-order valence-electron chi connectivity index (χ0n) is 21.9. The molecule has 6 atom stereocenters. The Bertz CT molecular complexity index is 895. The van der Waals surface area contributed by atoms with Gasteiger partial charge in [-0.1, -0.05) is 64.4 Å². The van der Waals surface area contributed by atoms with E-state index >= 15 is 0 Å². The number of aryl methyl sites for hydroxylation is 1. The summed E-state index contributed by atoms with van der Waals surface area (Å²) >= 11 is 0. The third-order valence-electron chi connectivity index (χ3n) is 6.27. The first-order valence-electron chi connectivity index (χ1n) is 13.0. The first kappa shape index (κ1) is 31.3. The molecular formula is C28H42O7W. The first-order valence-corrected chi connectivity index (χ1v) is 13.0. The monoisotopic (exact) mass is 674 g/mol. The molecule has 0 bridgehead atoms. The van der Waals surface area contributed by atoms with E-state index in [1.807, 2.05) is 25.1 Å². The van der Waals surface area contributed by atoms with Crippen LogP contribution in [0.2, 0.25) is 0 Å². The summed E-state index contributed by atoms with van der Waals surface area (Å²) < 4.78 is 22.8. The van der Waals surface area contributed by atoms with E-state index in [1.54, 1.807) is 0 Å². The maximum Gasteiger partial charge on any atom is 0.217 e. The molecule has 0 spiro atoms. The Balaban J connectivity index is 0.00000109. The Hall–Kier alpha value is -0.892. The molecule has 2 aliphatic heterocycles. The van der Waals surface area contributed by atoms with E-state index in [2.05, 4.69) is 43.9 Å². The van der Waals surface area contributed by atoms with Gasteiger partial charge in [0.2, 0.25) is 6.29 Å². The van der Waals surface area contributed by atoms with Gasteiger partial charge in [0.15, 0.2) is 0 Å². The Morgan fingerprint density at radius 1 is 1.00 bits per heavy atom. The van der Waals surface area contributed by atoms with Gasteiger partial charge in [0, 0.05) is 39.8 Å². The van der Waals surface area contributed by atoms with E-state index in [-0.39, 0.29) is 39.4 Å². The largest absolute Gasteiger partial charge is 0.388 e. The van der Waals surface area contributed by atoms with Gasteiger partial charge in [-0.05, 0) is 47.6 Å². The third kappa shape index (κ3) is 8.57. The van der Waals surface area contributed by atoms with Gasteiger partial charge in [0.05, 0.1) is 13.2 Å². The van der Waals surface area contributed by atoms with Crippen LogP contribution in [-0.4, -0.2) is 61.2 Å². The smallest absolute Gasteiger partial charge is 0.217 e. The minimum atomic E-state index is -0.765. The summed E-state index contributed by atoms with van der Waals surface area (Å²) in [4.78, 5) is 4.50. The predicted octanol–water partition coefficient (Wildman–Crippen LogP) is 5.28. The first-order chi connectivity index (χ1) is 17.0. The van der Waals surface area contributed by atoms with E-state index in [0.29, 0.717) is 32.3 Å². The fourth-order valence-electron chi connectivity index (χ4n) is 4.40. The number of ether oxygens (including phenoxy) is 4. The molecule has 7 nitrogen and oxygen atoms in total. The molecule has 8 heteroatoms. The van der Waals surface area contributed by atoms with Crippen molar-refractivity contribution in [2.24, 2.45) is 5.92 Å². The Labute approximate surface area is 229 Å². The van der Waals surface area contributed by atoms with Gasteiger partial charge in [-0.25, -0.2) is 10.1 Å². The third-order valence-corrected chi connectivity index (χ3v) is 6.27. The van der Waals surface area contributed by atoms with E-state index in [0.717, 1.165) is 35.6 Å². The Morgan fingerprint density at radius 2 is 1.69 bits per heavy atom. The second-order valence-corrected chi connectivity index (χ2v) is 9.64. The summed E-state index contributed by atoms with van der Waals surface area (Å²) in [6.45, 7) is 10.4. The number of hydrogen-bond acceptors (Lipinski definition) is 7. The fourth-order valence-corrected chi connectivity index (χ4v) is 4.40. The minimum absolute atomic E-state index is 0. The maximum absolute atomic E-state index is 9.84. The molecule has 2 N–H and O–H groups in total. The molecule has 2 aliphatic rings. The van der Waals surface area contributed by atoms with Crippen molar-refractivity contribution in [1.82, 2.24) is 0 Å². The zero-order valence-corrected chi connectivity index (χ0v) is 24.9. The van der Waals surface area contributed by atoms with Crippen molar-refractivity contribution >= 4 is 10.8 Å². The van der Waals surface area contributed by atoms with Gasteiger partial charge in [0.25, 0.3) is 0 Å². The second-order valence-electron chi connectivity index (χ2n) is 9.64. The predicted molar refractivity (Wildman–Crippen MR) is 135 cm³/mol. The summed E-state index contributed by atoms with van der Waals surface area (Å²) in [5.74, 6) is 0.400. The van der Waals surface area contributed by atoms with Crippen LogP contribution in [-0.2, 0) is 51.3 Å². The summed E-state index contributed by atoms with van der Waals surface area (Å²) in [5.41, 5.74) is 2.07. The van der Waals surface area contributed by atoms with Crippen LogP contribution >= 0.6 is 0 Å². The standard InChI is InChI=1S/C25H34O7.C3H8.W/c1-3-10-28-25(32-27)20-9-8-18-11-17(6-7-19(18)12-20)5-4-16(2)13-29-22-15-31-23-21(26)14-30-24(22)23;1-3-2;/h6-9,11-12,16,21-27H,3-5,10,13-15H2,1-2H3;3H2,1-2H3;/t16?,21-,22-,23-,24-,25?;;/m1../s1. The molecule has 0 radical (unpaired) electrons. The summed E-state index contributed by atoms with van der Waals surface area (Å²) in [6, 6.07) is 12.4. The number of rotatable bonds is 11. The molecule has 0 amide bonds. The zero-order chi connectivity index (χ0) is 25.2. The average Bonchev–Trinajstić information content (AvgIpc) is 3.45. The van der Waals surface area contributed by atoms with Gasteiger partial charge in [-0.3, -0.25) is 0 Å². The molecule has 2 fully saturated rings. The van der Waals surface area contributed by atoms with Crippen LogP contribution in [0.15, 0.2) is 36.4 Å². The van der Waals surface area contributed by atoms with Crippen molar-refractivity contribution in [3.05, 3.63) is 47.5 Å². The van der Waals surface area contributed by atoms with E-state index in [1.165, 1.54) is 12.0 Å². The number of aliphatic hydroxyl groups excluding tert-OH is 1. The normalized spacial score (nSPS) is 24.5. The molecule has 202 valence electrons. The summed E-state index contributed by atoms with van der Waals surface area (Å²) in [5, 5.41) is 21.2. The summed E-state index contributed by atoms with van der Waals surface area (Å²) in [6.07, 6.45) is 2.29. The van der Waals surface area contributed by atoms with Gasteiger partial charge in [-0.2, -0.15) is 0 Å². The molecule has 2 unspecified atom stereocenters. The molecule has 2 aromatic carbocycles. The van der Waals surface area contributed by atoms with Crippen molar-refractivity contribution < 1.29 is 55.3 Å². The van der Waals surface area contributed by atoms with Crippen LogP contribution in [0.5, 0.6) is 0 Å². The average molecular weight is 674 g/mol. The van der Waals surface area contributed by atoms with Crippen molar-refractivity contribution in [3.8, 4) is 0 Å². The molecule has 36 heavy (non-hydrogen) atoms.